The van der Waals surface area contributed by atoms with Gasteiger partial charge in [0, 0.05) is 13.1 Å². The number of allylic oxidation sites excluding steroid dienone is 1. The van der Waals surface area contributed by atoms with E-state index in [2.05, 4.69) is 43.3 Å². The molecular formula is C27H28Cl3NO2. The van der Waals surface area contributed by atoms with Gasteiger partial charge in [0.15, 0.2) is 0 Å². The molecule has 1 N–H and O–H groups in total. The van der Waals surface area contributed by atoms with E-state index in [0.29, 0.717) is 19.7 Å². The van der Waals surface area contributed by atoms with Crippen molar-refractivity contribution in [2.75, 3.05) is 26.7 Å². The molecular weight excluding hydrogens is 477 g/mol. The minimum atomic E-state index is -1.30. The summed E-state index contributed by atoms with van der Waals surface area (Å²) in [6.07, 6.45) is 0.869. The second-order valence-electron chi connectivity index (χ2n) is 7.85. The van der Waals surface area contributed by atoms with Crippen molar-refractivity contribution in [3.05, 3.63) is 95.6 Å². The number of halogens is 3. The van der Waals surface area contributed by atoms with Crippen molar-refractivity contribution in [3.63, 3.8) is 0 Å². The van der Waals surface area contributed by atoms with Gasteiger partial charge in [-0.1, -0.05) is 96.3 Å². The molecule has 33 heavy (non-hydrogen) atoms. The third-order valence-electron chi connectivity index (χ3n) is 5.27. The number of hydrogen-bond acceptors (Lipinski definition) is 3. The van der Waals surface area contributed by atoms with Gasteiger partial charge in [-0.05, 0) is 65.6 Å². The Morgan fingerprint density at radius 1 is 0.848 bits per heavy atom. The topological polar surface area (TPSA) is 32.7 Å². The third kappa shape index (κ3) is 7.68. The zero-order chi connectivity index (χ0) is 23.8. The zero-order valence-electron chi connectivity index (χ0n) is 18.8. The predicted molar refractivity (Wildman–Crippen MR) is 140 cm³/mol. The normalized spacial score (nSPS) is 12.5. The number of aromatic hydroxyl groups is 1. The Bertz CT molecular complexity index is 1040. The van der Waals surface area contributed by atoms with Crippen LogP contribution in [0, 0.1) is 0 Å². The minimum Gasteiger partial charge on any atom is -0.508 e. The number of phenolic OH excluding ortho intramolecular Hbond substituents is 1. The molecule has 0 aliphatic carbocycles. The summed E-state index contributed by atoms with van der Waals surface area (Å²) >= 11 is 17.5. The van der Waals surface area contributed by atoms with Crippen LogP contribution in [0.4, 0.5) is 0 Å². The lowest BCUT2D eigenvalue weighted by Crippen LogP contribution is -2.32. The average molecular weight is 505 g/mol. The smallest absolute Gasteiger partial charge is 0.203 e. The molecule has 0 bridgehead atoms. The molecule has 0 atom stereocenters. The maximum Gasteiger partial charge on any atom is 0.203 e. The van der Waals surface area contributed by atoms with Gasteiger partial charge in [0.05, 0.1) is 0 Å². The molecule has 3 rings (SSSR count). The number of alkyl halides is 3. The molecule has 0 saturated carbocycles. The summed E-state index contributed by atoms with van der Waals surface area (Å²) in [5, 5.41) is 9.78. The molecule has 0 spiro atoms. The fourth-order valence-corrected chi connectivity index (χ4v) is 4.34. The van der Waals surface area contributed by atoms with Gasteiger partial charge in [-0.15, -0.1) is 0 Å². The zero-order valence-corrected chi connectivity index (χ0v) is 21.0. The summed E-state index contributed by atoms with van der Waals surface area (Å²) in [5.41, 5.74) is 5.69. The minimum absolute atomic E-state index is 0.249. The quantitative estimate of drug-likeness (QED) is 0.243. The Morgan fingerprint density at radius 3 is 1.97 bits per heavy atom. The summed E-state index contributed by atoms with van der Waals surface area (Å²) in [5.74, 6) is 1.03. The molecule has 6 heteroatoms. The molecule has 3 nitrogen and oxygen atoms in total. The molecule has 3 aromatic carbocycles. The van der Waals surface area contributed by atoms with E-state index in [1.165, 1.54) is 11.1 Å². The molecule has 3 aromatic rings. The fourth-order valence-electron chi connectivity index (χ4n) is 3.73. The average Bonchev–Trinajstić information content (AvgIpc) is 2.78. The first-order valence-corrected chi connectivity index (χ1v) is 12.0. The highest BCUT2D eigenvalue weighted by Gasteiger charge is 2.21. The van der Waals surface area contributed by atoms with E-state index in [1.807, 2.05) is 42.3 Å². The van der Waals surface area contributed by atoms with Gasteiger partial charge in [0.25, 0.3) is 0 Å². The Kier molecular flexibility index (Phi) is 9.10. The second-order valence-corrected chi connectivity index (χ2v) is 10.4. The van der Waals surface area contributed by atoms with E-state index in [9.17, 15) is 5.11 Å². The molecule has 0 radical (unpaired) electrons. The van der Waals surface area contributed by atoms with Crippen LogP contribution >= 0.6 is 34.8 Å². The number of benzene rings is 3. The molecule has 0 unspecified atom stereocenters. The van der Waals surface area contributed by atoms with Crippen LogP contribution in [0.25, 0.3) is 11.1 Å². The van der Waals surface area contributed by atoms with E-state index in [1.54, 1.807) is 12.1 Å². The molecule has 0 amide bonds. The largest absolute Gasteiger partial charge is 0.508 e. The Morgan fingerprint density at radius 2 is 1.42 bits per heavy atom. The summed E-state index contributed by atoms with van der Waals surface area (Å²) in [6.45, 7) is 3.62. The monoisotopic (exact) mass is 503 g/mol. The van der Waals surface area contributed by atoms with Gasteiger partial charge in [-0.3, -0.25) is 4.90 Å². The van der Waals surface area contributed by atoms with Crippen molar-refractivity contribution in [1.29, 1.82) is 0 Å². The van der Waals surface area contributed by atoms with Crippen molar-refractivity contribution < 1.29 is 9.84 Å². The standard InChI is InChI=1S/C27H28Cl3NO2/c1-3-25(20-7-5-4-6-8-20)26(21-9-13-23(32)14-10-21)22-11-15-24(16-12-22)33-18-17-31(2)19-27(28,29)30/h4-16,32H,3,17-19H2,1-2H3/b26-25-. The van der Waals surface area contributed by atoms with Crippen LogP contribution in [0.2, 0.25) is 0 Å². The molecule has 0 heterocycles. The van der Waals surface area contributed by atoms with Gasteiger partial charge in [0.2, 0.25) is 3.79 Å². The fraction of sp³-hybridized carbons (Fsp3) is 0.259. The Balaban J connectivity index is 1.85. The van der Waals surface area contributed by atoms with E-state index in [0.717, 1.165) is 28.9 Å². The first-order chi connectivity index (χ1) is 15.8. The molecule has 0 aliphatic rings. The maximum atomic E-state index is 9.78. The number of nitrogens with zero attached hydrogens (tertiary/aromatic N) is 1. The molecule has 0 aromatic heterocycles. The highest BCUT2D eigenvalue weighted by molar-refractivity contribution is 6.67. The van der Waals surface area contributed by atoms with Gasteiger partial charge in [-0.25, -0.2) is 0 Å². The van der Waals surface area contributed by atoms with Crippen LogP contribution in [-0.2, 0) is 0 Å². The van der Waals surface area contributed by atoms with Crippen LogP contribution in [0.5, 0.6) is 11.5 Å². The summed E-state index contributed by atoms with van der Waals surface area (Å²) in [6, 6.07) is 25.8. The number of rotatable bonds is 9. The Labute approximate surface area is 211 Å². The predicted octanol–water partition coefficient (Wildman–Crippen LogP) is 7.44. The van der Waals surface area contributed by atoms with Crippen molar-refractivity contribution in [1.82, 2.24) is 4.90 Å². The summed E-state index contributed by atoms with van der Waals surface area (Å²) in [4.78, 5) is 1.92. The van der Waals surface area contributed by atoms with Crippen LogP contribution < -0.4 is 4.74 Å². The number of phenols is 1. The molecule has 174 valence electrons. The molecule has 0 saturated heterocycles. The van der Waals surface area contributed by atoms with Crippen molar-refractivity contribution in [3.8, 4) is 11.5 Å². The lowest BCUT2D eigenvalue weighted by atomic mass is 9.88. The summed E-state index contributed by atoms with van der Waals surface area (Å²) < 4.78 is 4.60. The van der Waals surface area contributed by atoms with E-state index in [4.69, 9.17) is 39.5 Å². The highest BCUT2D eigenvalue weighted by Crippen LogP contribution is 2.35. The lowest BCUT2D eigenvalue weighted by Gasteiger charge is -2.21. The maximum absolute atomic E-state index is 9.78. The number of likely N-dealkylation sites (N-methyl/N-ethyl adjacent to an activating group) is 1. The van der Waals surface area contributed by atoms with Gasteiger partial charge < -0.3 is 9.84 Å². The molecule has 0 fully saturated rings. The number of hydrogen-bond donors (Lipinski definition) is 1. The first-order valence-electron chi connectivity index (χ1n) is 10.8. The summed E-state index contributed by atoms with van der Waals surface area (Å²) in [7, 11) is 1.89. The molecule has 0 aliphatic heterocycles. The van der Waals surface area contributed by atoms with Gasteiger partial charge in [0.1, 0.15) is 18.1 Å². The van der Waals surface area contributed by atoms with Crippen molar-refractivity contribution in [2.45, 2.75) is 17.1 Å². The lowest BCUT2D eigenvalue weighted by molar-refractivity contribution is 0.240. The highest BCUT2D eigenvalue weighted by atomic mass is 35.6. The van der Waals surface area contributed by atoms with E-state index in [-0.39, 0.29) is 5.75 Å². The van der Waals surface area contributed by atoms with E-state index >= 15 is 0 Å². The SMILES string of the molecule is CC/C(=C(\c1ccc(O)cc1)c1ccc(OCCN(C)CC(Cl)(Cl)Cl)cc1)c1ccccc1. The van der Waals surface area contributed by atoms with Crippen LogP contribution in [0.1, 0.15) is 30.0 Å². The third-order valence-corrected chi connectivity index (χ3v) is 5.63. The van der Waals surface area contributed by atoms with Crippen LogP contribution in [0.15, 0.2) is 78.9 Å². The van der Waals surface area contributed by atoms with Gasteiger partial charge in [-0.2, -0.15) is 0 Å². The van der Waals surface area contributed by atoms with E-state index < -0.39 is 3.79 Å². The van der Waals surface area contributed by atoms with Crippen molar-refractivity contribution >= 4 is 45.9 Å². The second kappa shape index (κ2) is 11.8. The number of ether oxygens (including phenoxy) is 1. The Hall–Kier alpha value is -2.17. The van der Waals surface area contributed by atoms with Crippen LogP contribution in [0.3, 0.4) is 0 Å². The van der Waals surface area contributed by atoms with Crippen molar-refractivity contribution in [2.24, 2.45) is 0 Å². The first kappa shape index (κ1) is 25.5. The van der Waals surface area contributed by atoms with Crippen LogP contribution in [-0.4, -0.2) is 40.5 Å². The van der Waals surface area contributed by atoms with Gasteiger partial charge >= 0.3 is 0 Å².